The van der Waals surface area contributed by atoms with Crippen molar-refractivity contribution in [1.82, 2.24) is 0 Å². The summed E-state index contributed by atoms with van der Waals surface area (Å²) in [6, 6.07) is 0. The zero-order valence-electron chi connectivity index (χ0n) is 1.86. The number of hydrogen-bond donors (Lipinski definition) is 1. The molecule has 0 aromatic carbocycles. The summed E-state index contributed by atoms with van der Waals surface area (Å²) in [6.07, 6.45) is 1.60. The van der Waals surface area contributed by atoms with E-state index in [0.717, 1.165) is 12.0 Å². The first-order valence-electron chi connectivity index (χ1n) is 0.591. The molecule has 0 unspecified atom stereocenters. The second-order valence-corrected chi connectivity index (χ2v) is 0.548. The molecule has 0 rings (SSSR count). The first-order valence-corrected chi connectivity index (χ1v) is 1.77. The van der Waals surface area contributed by atoms with Crippen molar-refractivity contribution in [2.24, 2.45) is 0 Å². The van der Waals surface area contributed by atoms with Crippen LogP contribution in [0.5, 0.6) is 0 Å². The normalized spacial score (nSPS) is 4.50. The summed E-state index contributed by atoms with van der Waals surface area (Å²) < 4.78 is 7.49. The maximum absolute atomic E-state index is 7.49. The quantitative estimate of drug-likeness (QED) is 0.349. The summed E-state index contributed by atoms with van der Waals surface area (Å²) in [5.74, 6) is 0. The van der Waals surface area contributed by atoms with Crippen LogP contribution in [-0.2, 0) is 0 Å². The van der Waals surface area contributed by atoms with Crippen molar-refractivity contribution in [2.45, 2.75) is 0 Å². The van der Waals surface area contributed by atoms with E-state index in [1.165, 1.54) is 0 Å². The molecule has 1 N–H and O–H groups in total. The van der Waals surface area contributed by atoms with Gasteiger partial charge in [0.15, 0.2) is 0 Å². The van der Waals surface area contributed by atoms with E-state index in [2.05, 4.69) is 0 Å². The van der Waals surface area contributed by atoms with E-state index >= 15 is 0 Å². The topological polar surface area (TPSA) is 20.2 Å². The van der Waals surface area contributed by atoms with Crippen molar-refractivity contribution < 1.29 is 4.55 Å². The van der Waals surface area contributed by atoms with Crippen LogP contribution < -0.4 is 0 Å². The van der Waals surface area contributed by atoms with Crippen LogP contribution in [0.3, 0.4) is 0 Å². The molecule has 22 valence electrons. The number of hydrogen-bond acceptors (Lipinski definition) is 2. The first kappa shape index (κ1) is 9.34. The summed E-state index contributed by atoms with van der Waals surface area (Å²) in [7, 11) is 0. The van der Waals surface area contributed by atoms with Gasteiger partial charge in [0, 0.05) is 6.26 Å². The van der Waals surface area contributed by atoms with Gasteiger partial charge in [-0.05, 0) is 12.0 Å². The average molecular weight is 104 g/mol. The molecule has 0 atom stereocenters. The predicted molar refractivity (Wildman–Crippen MR) is 23.3 cm³/mol. The molecule has 1 nitrogen and oxygen atoms in total. The van der Waals surface area contributed by atoms with E-state index in [4.69, 9.17) is 4.55 Å². The molecule has 0 aliphatic heterocycles. The van der Waals surface area contributed by atoms with Gasteiger partial charge in [0.2, 0.25) is 0 Å². The van der Waals surface area contributed by atoms with Crippen molar-refractivity contribution in [3.8, 4) is 0 Å². The molecule has 0 aromatic heterocycles. The minimum atomic E-state index is 0. The Labute approximate surface area is 72.8 Å². The van der Waals surface area contributed by atoms with Crippen LogP contribution in [-0.4, -0.2) is 62.2 Å². The maximum atomic E-state index is 7.49. The van der Waals surface area contributed by atoms with Gasteiger partial charge >= 0.3 is 51.4 Å². The van der Waals surface area contributed by atoms with Crippen LogP contribution in [0.4, 0.5) is 0 Å². The van der Waals surface area contributed by atoms with E-state index in [1.807, 2.05) is 0 Å². The molecule has 0 spiro atoms. The molecule has 0 aliphatic rings. The van der Waals surface area contributed by atoms with Crippen molar-refractivity contribution in [3.05, 3.63) is 0 Å². The molecule has 0 radical (unpaired) electrons. The predicted octanol–water partition coefficient (Wildman–Crippen LogP) is 0.174. The van der Waals surface area contributed by atoms with Crippen LogP contribution in [0.15, 0.2) is 0 Å². The van der Waals surface area contributed by atoms with Gasteiger partial charge in [0.1, 0.15) is 0 Å². The zero-order valence-corrected chi connectivity index (χ0v) is 2.67. The fourth-order valence-corrected chi connectivity index (χ4v) is 0. The zero-order chi connectivity index (χ0) is 2.71. The standard InChI is InChI=1S/CH4OS.K.H/c1-3-2;;/h2H,1H3;;. The van der Waals surface area contributed by atoms with Crippen LogP contribution in [0, 0.1) is 0 Å². The first-order chi connectivity index (χ1) is 1.41. The Balaban J connectivity index is 0. The summed E-state index contributed by atoms with van der Waals surface area (Å²) in [5, 5.41) is 0. The fourth-order valence-electron chi connectivity index (χ4n) is 0. The molecule has 0 bridgehead atoms. The van der Waals surface area contributed by atoms with Gasteiger partial charge in [-0.15, -0.1) is 0 Å². The summed E-state index contributed by atoms with van der Waals surface area (Å²) in [5.41, 5.74) is 0. The molecule has 0 fully saturated rings. The molecular weight excluding hydrogens is 99.2 g/mol. The molecule has 0 aliphatic carbocycles. The average Bonchev–Trinajstić information content (AvgIpc) is 0.918. The number of rotatable bonds is 0. The molecule has 0 aromatic rings. The van der Waals surface area contributed by atoms with Crippen LogP contribution in [0.25, 0.3) is 0 Å². The van der Waals surface area contributed by atoms with E-state index in [-0.39, 0.29) is 51.4 Å². The Morgan fingerprint density at radius 1 is 1.75 bits per heavy atom. The van der Waals surface area contributed by atoms with E-state index in [0.29, 0.717) is 0 Å². The van der Waals surface area contributed by atoms with E-state index in [9.17, 15) is 0 Å². The molecule has 0 saturated heterocycles. The molecule has 3 heteroatoms. The van der Waals surface area contributed by atoms with Gasteiger partial charge in [-0.3, -0.25) is 0 Å². The Hall–Kier alpha value is 1.95. The Bertz CT molecular complexity index is 8.00. The van der Waals surface area contributed by atoms with Gasteiger partial charge in [-0.1, -0.05) is 0 Å². The van der Waals surface area contributed by atoms with Crippen LogP contribution in [0.1, 0.15) is 0 Å². The van der Waals surface area contributed by atoms with Crippen LogP contribution >= 0.6 is 12.0 Å². The van der Waals surface area contributed by atoms with Crippen molar-refractivity contribution in [3.63, 3.8) is 0 Å². The monoisotopic (exact) mass is 104 g/mol. The second-order valence-electron chi connectivity index (χ2n) is 0.183. The summed E-state index contributed by atoms with van der Waals surface area (Å²) in [4.78, 5) is 0. The van der Waals surface area contributed by atoms with E-state index < -0.39 is 0 Å². The van der Waals surface area contributed by atoms with Gasteiger partial charge in [0.25, 0.3) is 0 Å². The van der Waals surface area contributed by atoms with Gasteiger partial charge in [-0.2, -0.15) is 0 Å². The van der Waals surface area contributed by atoms with E-state index in [1.54, 1.807) is 6.26 Å². The molecule has 0 heterocycles. The fraction of sp³-hybridized carbons (Fsp3) is 1.00. The van der Waals surface area contributed by atoms with Crippen molar-refractivity contribution in [2.75, 3.05) is 6.26 Å². The Morgan fingerprint density at radius 2 is 1.75 bits per heavy atom. The SMILES string of the molecule is CSO.[KH]. The summed E-state index contributed by atoms with van der Waals surface area (Å²) >= 11 is 0.750. The summed E-state index contributed by atoms with van der Waals surface area (Å²) in [6.45, 7) is 0. The third kappa shape index (κ3) is 9.04. The van der Waals surface area contributed by atoms with Crippen molar-refractivity contribution >= 4 is 63.4 Å². The van der Waals surface area contributed by atoms with Gasteiger partial charge in [0.05, 0.1) is 0 Å². The third-order valence-corrected chi connectivity index (χ3v) is 0. The van der Waals surface area contributed by atoms with Gasteiger partial charge in [-0.25, -0.2) is 0 Å². The minimum absolute atomic E-state index is 0. The van der Waals surface area contributed by atoms with Gasteiger partial charge < -0.3 is 4.55 Å². The third-order valence-electron chi connectivity index (χ3n) is 0. The molecular formula is CH5KOS. The Kier molecular flexibility index (Phi) is 20.7. The Morgan fingerprint density at radius 3 is 1.75 bits per heavy atom. The molecule has 4 heavy (non-hydrogen) atoms. The van der Waals surface area contributed by atoms with Crippen LogP contribution in [0.2, 0.25) is 0 Å². The molecule has 0 amide bonds. The molecule has 0 saturated carbocycles. The van der Waals surface area contributed by atoms with Crippen molar-refractivity contribution in [1.29, 1.82) is 0 Å². The second kappa shape index (κ2) is 8.87.